The van der Waals surface area contributed by atoms with E-state index < -0.39 is 0 Å². The molecule has 102 valence electrons. The van der Waals surface area contributed by atoms with Gasteiger partial charge in [0.15, 0.2) is 0 Å². The second kappa shape index (κ2) is 7.52. The third-order valence-electron chi connectivity index (χ3n) is 3.39. The number of aryl methyl sites for hydroxylation is 2. The molecular weight excluding hydrogens is 224 g/mol. The Balaban J connectivity index is 0.00000162. The van der Waals surface area contributed by atoms with Crippen LogP contribution >= 0.6 is 0 Å². The summed E-state index contributed by atoms with van der Waals surface area (Å²) in [6.45, 7) is 4.07. The molecule has 0 aliphatic heterocycles. The second-order valence-corrected chi connectivity index (χ2v) is 5.01. The van der Waals surface area contributed by atoms with Crippen molar-refractivity contribution in [2.24, 2.45) is 0 Å². The average Bonchev–Trinajstić information content (AvgIpc) is 3.14. The molecule has 1 aliphatic rings. The summed E-state index contributed by atoms with van der Waals surface area (Å²) in [5.41, 5.74) is 4.28. The fourth-order valence-electron chi connectivity index (χ4n) is 2.03. The Bertz CT molecular complexity index is 362. The maximum atomic E-state index is 5.09. The molecule has 0 atom stereocenters. The van der Waals surface area contributed by atoms with E-state index in [2.05, 4.69) is 30.4 Å². The van der Waals surface area contributed by atoms with Gasteiger partial charge in [0.05, 0.1) is 0 Å². The molecule has 3 nitrogen and oxygen atoms in total. The lowest BCUT2D eigenvalue weighted by Crippen LogP contribution is -2.16. The Hall–Kier alpha value is -0.900. The zero-order valence-electron chi connectivity index (χ0n) is 11.7. The van der Waals surface area contributed by atoms with E-state index >= 15 is 0 Å². The lowest BCUT2D eigenvalue weighted by molar-refractivity contribution is 0.195. The smallest absolute Gasteiger partial charge is 0.0465 e. The zero-order valence-corrected chi connectivity index (χ0v) is 11.7. The summed E-state index contributed by atoms with van der Waals surface area (Å²) in [4.78, 5) is 0. The van der Waals surface area contributed by atoms with E-state index in [-0.39, 0.29) is 6.15 Å². The molecule has 1 fully saturated rings. The molecule has 1 aromatic carbocycles. The van der Waals surface area contributed by atoms with E-state index in [1.54, 1.807) is 7.11 Å². The van der Waals surface area contributed by atoms with Gasteiger partial charge in [0.25, 0.3) is 0 Å². The van der Waals surface area contributed by atoms with Crippen molar-refractivity contribution in [1.82, 2.24) is 11.5 Å². The molecule has 0 saturated heterocycles. The Labute approximate surface area is 111 Å². The first-order chi connectivity index (χ1) is 8.29. The average molecular weight is 250 g/mol. The Morgan fingerprint density at radius 1 is 1.33 bits per heavy atom. The molecule has 0 radical (unpaired) electrons. The van der Waals surface area contributed by atoms with Gasteiger partial charge >= 0.3 is 0 Å². The molecule has 1 saturated carbocycles. The number of rotatable bonds is 7. The lowest BCUT2D eigenvalue weighted by Gasteiger charge is -2.10. The molecular formula is C15H26N2O. The van der Waals surface area contributed by atoms with Gasteiger partial charge in [-0.2, -0.15) is 0 Å². The first kappa shape index (κ1) is 15.2. The summed E-state index contributed by atoms with van der Waals surface area (Å²) in [6, 6.07) is 7.62. The Morgan fingerprint density at radius 3 is 2.78 bits per heavy atom. The number of methoxy groups -OCH3 is 1. The van der Waals surface area contributed by atoms with E-state index in [0.29, 0.717) is 0 Å². The summed E-state index contributed by atoms with van der Waals surface area (Å²) in [5.74, 6) is 0. The van der Waals surface area contributed by atoms with Gasteiger partial charge in [-0.25, -0.2) is 0 Å². The van der Waals surface area contributed by atoms with Crippen LogP contribution in [0, 0.1) is 6.92 Å². The van der Waals surface area contributed by atoms with Crippen molar-refractivity contribution >= 4 is 0 Å². The summed E-state index contributed by atoms with van der Waals surface area (Å²) in [5, 5.41) is 3.58. The van der Waals surface area contributed by atoms with Crippen molar-refractivity contribution in [3.63, 3.8) is 0 Å². The summed E-state index contributed by atoms with van der Waals surface area (Å²) in [6.07, 6.45) is 4.93. The van der Waals surface area contributed by atoms with Crippen molar-refractivity contribution in [2.75, 3.05) is 13.7 Å². The maximum absolute atomic E-state index is 5.09. The molecule has 0 unspecified atom stereocenters. The highest BCUT2D eigenvalue weighted by atomic mass is 16.5. The highest BCUT2D eigenvalue weighted by Crippen LogP contribution is 2.20. The predicted molar refractivity (Wildman–Crippen MR) is 76.3 cm³/mol. The highest BCUT2D eigenvalue weighted by Gasteiger charge is 2.20. The molecule has 4 N–H and O–H groups in total. The van der Waals surface area contributed by atoms with Gasteiger partial charge in [-0.05, 0) is 49.3 Å². The molecule has 3 heteroatoms. The molecule has 0 amide bonds. The molecule has 18 heavy (non-hydrogen) atoms. The van der Waals surface area contributed by atoms with Gasteiger partial charge in [0.1, 0.15) is 0 Å². The van der Waals surface area contributed by atoms with Crippen LogP contribution in [0.4, 0.5) is 0 Å². The number of benzene rings is 1. The maximum Gasteiger partial charge on any atom is 0.0465 e. The quantitative estimate of drug-likeness (QED) is 0.731. The third-order valence-corrected chi connectivity index (χ3v) is 3.39. The largest absolute Gasteiger partial charge is 0.385 e. The van der Waals surface area contributed by atoms with Crippen LogP contribution in [0.5, 0.6) is 0 Å². The molecule has 2 rings (SSSR count). The van der Waals surface area contributed by atoms with E-state index in [1.165, 1.54) is 29.5 Å². The minimum Gasteiger partial charge on any atom is -0.385 e. The fraction of sp³-hybridized carbons (Fsp3) is 0.600. The molecule has 0 spiro atoms. The topological polar surface area (TPSA) is 56.3 Å². The van der Waals surface area contributed by atoms with Gasteiger partial charge in [0, 0.05) is 26.3 Å². The first-order valence-corrected chi connectivity index (χ1v) is 6.60. The van der Waals surface area contributed by atoms with Crippen LogP contribution < -0.4 is 11.5 Å². The van der Waals surface area contributed by atoms with Crippen LogP contribution in [0.2, 0.25) is 0 Å². The standard InChI is InChI=1S/C15H23NO.H3N/c1-12-5-6-13(4-3-9-17-2)10-14(12)11-16-15-7-8-15;/h5-6,10,15-16H,3-4,7-9,11H2,1-2H3;1H3. The number of hydrogen-bond donors (Lipinski definition) is 2. The molecule has 0 bridgehead atoms. The van der Waals surface area contributed by atoms with E-state index in [9.17, 15) is 0 Å². The number of nitrogens with one attached hydrogen (secondary N) is 1. The first-order valence-electron chi connectivity index (χ1n) is 6.60. The van der Waals surface area contributed by atoms with Gasteiger partial charge in [0.2, 0.25) is 0 Å². The Kier molecular flexibility index (Phi) is 6.33. The van der Waals surface area contributed by atoms with Crippen LogP contribution in [-0.2, 0) is 17.7 Å². The number of ether oxygens (including phenoxy) is 1. The van der Waals surface area contributed by atoms with Crippen molar-refractivity contribution in [2.45, 2.75) is 45.2 Å². The van der Waals surface area contributed by atoms with E-state index in [1.807, 2.05) is 0 Å². The summed E-state index contributed by atoms with van der Waals surface area (Å²) in [7, 11) is 1.76. The highest BCUT2D eigenvalue weighted by molar-refractivity contribution is 5.31. The van der Waals surface area contributed by atoms with Crippen molar-refractivity contribution < 1.29 is 4.74 Å². The fourth-order valence-corrected chi connectivity index (χ4v) is 2.03. The van der Waals surface area contributed by atoms with Gasteiger partial charge in [-0.1, -0.05) is 18.2 Å². The van der Waals surface area contributed by atoms with Gasteiger partial charge < -0.3 is 16.2 Å². The lowest BCUT2D eigenvalue weighted by atomic mass is 10.0. The van der Waals surface area contributed by atoms with Crippen LogP contribution in [0.1, 0.15) is 36.0 Å². The monoisotopic (exact) mass is 250 g/mol. The predicted octanol–water partition coefficient (Wildman–Crippen LogP) is 2.99. The van der Waals surface area contributed by atoms with Crippen LogP contribution in [0.3, 0.4) is 0 Å². The van der Waals surface area contributed by atoms with Crippen molar-refractivity contribution in [3.8, 4) is 0 Å². The second-order valence-electron chi connectivity index (χ2n) is 5.01. The molecule has 1 aromatic rings. The SMILES string of the molecule is COCCCc1ccc(C)c(CNC2CC2)c1.N. The molecule has 0 heterocycles. The molecule has 1 aliphatic carbocycles. The minimum absolute atomic E-state index is 0. The van der Waals surface area contributed by atoms with Gasteiger partial charge in [-0.15, -0.1) is 0 Å². The zero-order chi connectivity index (χ0) is 12.1. The van der Waals surface area contributed by atoms with Crippen LogP contribution in [0.25, 0.3) is 0 Å². The molecule has 0 aromatic heterocycles. The third kappa shape index (κ3) is 4.77. The normalized spacial score (nSPS) is 14.3. The van der Waals surface area contributed by atoms with E-state index in [0.717, 1.165) is 32.0 Å². The van der Waals surface area contributed by atoms with Crippen LogP contribution in [0.15, 0.2) is 18.2 Å². The Morgan fingerprint density at radius 2 is 2.11 bits per heavy atom. The summed E-state index contributed by atoms with van der Waals surface area (Å²) < 4.78 is 5.09. The van der Waals surface area contributed by atoms with E-state index in [4.69, 9.17) is 4.74 Å². The van der Waals surface area contributed by atoms with Crippen LogP contribution in [-0.4, -0.2) is 19.8 Å². The van der Waals surface area contributed by atoms with Crippen molar-refractivity contribution in [3.05, 3.63) is 34.9 Å². The van der Waals surface area contributed by atoms with Gasteiger partial charge in [-0.3, -0.25) is 0 Å². The summed E-state index contributed by atoms with van der Waals surface area (Å²) >= 11 is 0. The van der Waals surface area contributed by atoms with Crippen molar-refractivity contribution in [1.29, 1.82) is 0 Å². The minimum atomic E-state index is 0. The number of hydrogen-bond acceptors (Lipinski definition) is 3.